The van der Waals surface area contributed by atoms with Crippen LogP contribution in [0.1, 0.15) is 15.9 Å². The molecule has 0 atom stereocenters. The van der Waals surface area contributed by atoms with Crippen LogP contribution in [-0.2, 0) is 0 Å². The highest BCUT2D eigenvalue weighted by molar-refractivity contribution is 5.95. The molecule has 120 valence electrons. The number of carbonyl (C=O) groups is 1. The van der Waals surface area contributed by atoms with E-state index in [1.54, 1.807) is 0 Å². The minimum absolute atomic E-state index is 0.133. The fraction of sp³-hybridized carbons (Fsp3) is 0. The number of halogens is 5. The summed E-state index contributed by atoms with van der Waals surface area (Å²) in [6.07, 6.45) is 0.325. The number of nitrogens with zero attached hydrogens (tertiary/aromatic N) is 1. The summed E-state index contributed by atoms with van der Waals surface area (Å²) in [5.74, 6) is -11.3. The van der Waals surface area contributed by atoms with Gasteiger partial charge in [0, 0.05) is 11.3 Å². The number of benzene rings is 2. The molecule has 0 saturated heterocycles. The van der Waals surface area contributed by atoms with E-state index in [1.165, 1.54) is 24.3 Å². The molecular weight excluding hydrogens is 321 g/mol. The molecule has 0 saturated carbocycles. The topological polar surface area (TPSA) is 67.5 Å². The molecule has 0 heterocycles. The molecule has 9 heteroatoms. The van der Waals surface area contributed by atoms with Gasteiger partial charge in [-0.05, 0) is 24.3 Å². The Hall–Kier alpha value is -2.97. The Balaban J connectivity index is 2.21. The van der Waals surface area contributed by atoms with Gasteiger partial charge in [0.1, 0.15) is 0 Å². The molecule has 0 spiro atoms. The lowest BCUT2D eigenvalue weighted by molar-refractivity contribution is 0.0955. The first kappa shape index (κ1) is 16.4. The molecule has 2 aromatic carbocycles. The Labute approximate surface area is 126 Å². The summed E-state index contributed by atoms with van der Waals surface area (Å²) >= 11 is 0. The molecule has 3 N–H and O–H groups in total. The number of carbonyl (C=O) groups excluding carboxylic acids is 1. The van der Waals surface area contributed by atoms with Gasteiger partial charge in [0.2, 0.25) is 5.82 Å². The van der Waals surface area contributed by atoms with Gasteiger partial charge < -0.3 is 5.73 Å². The molecule has 0 aliphatic carbocycles. The third-order valence-corrected chi connectivity index (χ3v) is 2.78. The average molecular weight is 329 g/mol. The summed E-state index contributed by atoms with van der Waals surface area (Å²) in [4.78, 5) is 11.6. The van der Waals surface area contributed by atoms with E-state index in [4.69, 9.17) is 5.73 Å². The van der Waals surface area contributed by atoms with Crippen molar-refractivity contribution in [2.24, 2.45) is 5.10 Å². The predicted octanol–water partition coefficient (Wildman–Crippen LogP) is 2.73. The second kappa shape index (κ2) is 6.42. The van der Waals surface area contributed by atoms with Crippen LogP contribution in [0.15, 0.2) is 29.4 Å². The lowest BCUT2D eigenvalue weighted by Crippen LogP contribution is -2.18. The van der Waals surface area contributed by atoms with Crippen LogP contribution < -0.4 is 11.2 Å². The average Bonchev–Trinajstić information content (AvgIpc) is 2.54. The monoisotopic (exact) mass is 329 g/mol. The van der Waals surface area contributed by atoms with Crippen LogP contribution in [-0.4, -0.2) is 12.1 Å². The van der Waals surface area contributed by atoms with Gasteiger partial charge in [-0.25, -0.2) is 27.4 Å². The number of nitrogen functional groups attached to an aromatic ring is 1. The van der Waals surface area contributed by atoms with E-state index in [-0.39, 0.29) is 5.56 Å². The number of rotatable bonds is 3. The Kier molecular flexibility index (Phi) is 4.58. The lowest BCUT2D eigenvalue weighted by Gasteiger charge is -2.04. The molecule has 2 aromatic rings. The van der Waals surface area contributed by atoms with Crippen LogP contribution in [0.4, 0.5) is 27.6 Å². The van der Waals surface area contributed by atoms with Crippen molar-refractivity contribution in [1.29, 1.82) is 0 Å². The minimum atomic E-state index is -2.27. The quantitative estimate of drug-likeness (QED) is 0.227. The van der Waals surface area contributed by atoms with Gasteiger partial charge >= 0.3 is 0 Å². The molecule has 0 aromatic heterocycles. The molecule has 0 fully saturated rings. The van der Waals surface area contributed by atoms with E-state index in [2.05, 4.69) is 5.10 Å². The summed E-state index contributed by atoms with van der Waals surface area (Å²) in [5, 5.41) is 3.18. The molecular formula is C14H8F5N3O. The maximum absolute atomic E-state index is 13.4. The molecule has 0 radical (unpaired) electrons. The zero-order chi connectivity index (χ0) is 17.1. The van der Waals surface area contributed by atoms with E-state index in [1.807, 2.05) is 5.43 Å². The van der Waals surface area contributed by atoms with E-state index in [0.717, 1.165) is 0 Å². The van der Waals surface area contributed by atoms with E-state index in [9.17, 15) is 26.7 Å². The highest BCUT2D eigenvalue weighted by atomic mass is 19.2. The minimum Gasteiger partial charge on any atom is -0.399 e. The normalized spacial score (nSPS) is 11.0. The van der Waals surface area contributed by atoms with Crippen molar-refractivity contribution in [1.82, 2.24) is 5.43 Å². The molecule has 23 heavy (non-hydrogen) atoms. The summed E-state index contributed by atoms with van der Waals surface area (Å²) in [6.45, 7) is 0. The van der Waals surface area contributed by atoms with Crippen LogP contribution in [0.25, 0.3) is 0 Å². The number of amides is 1. The van der Waals surface area contributed by atoms with Crippen LogP contribution in [0, 0.1) is 29.1 Å². The van der Waals surface area contributed by atoms with Crippen LogP contribution >= 0.6 is 0 Å². The van der Waals surface area contributed by atoms with Crippen LogP contribution in [0.2, 0.25) is 0 Å². The Bertz CT molecular complexity index is 761. The summed E-state index contributed by atoms with van der Waals surface area (Å²) in [7, 11) is 0. The summed E-state index contributed by atoms with van der Waals surface area (Å²) in [6, 6.07) is 5.59. The van der Waals surface area contributed by atoms with Gasteiger partial charge in [0.05, 0.1) is 11.8 Å². The molecule has 4 nitrogen and oxygen atoms in total. The number of nitrogens with two attached hydrogens (primary N) is 1. The van der Waals surface area contributed by atoms with Crippen molar-refractivity contribution in [3.63, 3.8) is 0 Å². The molecule has 0 unspecified atom stereocenters. The van der Waals surface area contributed by atoms with Crippen molar-refractivity contribution >= 4 is 17.8 Å². The number of anilines is 1. The van der Waals surface area contributed by atoms with E-state index < -0.39 is 40.6 Å². The van der Waals surface area contributed by atoms with Crippen molar-refractivity contribution in [3.05, 3.63) is 64.5 Å². The molecule has 0 aliphatic rings. The number of hydrazone groups is 1. The molecule has 0 bridgehead atoms. The Morgan fingerprint density at radius 1 is 0.913 bits per heavy atom. The number of nitrogens with one attached hydrogen (secondary N) is 1. The van der Waals surface area contributed by atoms with Gasteiger partial charge in [-0.1, -0.05) is 0 Å². The van der Waals surface area contributed by atoms with Gasteiger partial charge in [-0.15, -0.1) is 0 Å². The standard InChI is InChI=1S/C14H8F5N3O/c15-9-8(10(16)12(18)13(19)11(9)17)5-21-22-14(23)6-1-3-7(20)4-2-6/h1-5H,20H2,(H,22,23)/b21-5+. The fourth-order valence-corrected chi connectivity index (χ4v) is 1.59. The summed E-state index contributed by atoms with van der Waals surface area (Å²) in [5.41, 5.74) is 6.60. The fourth-order valence-electron chi connectivity index (χ4n) is 1.59. The van der Waals surface area contributed by atoms with Crippen molar-refractivity contribution in [2.75, 3.05) is 5.73 Å². The number of hydrogen-bond donors (Lipinski definition) is 2. The molecule has 2 rings (SSSR count). The highest BCUT2D eigenvalue weighted by Gasteiger charge is 2.24. The second-order valence-corrected chi connectivity index (χ2v) is 4.30. The Morgan fingerprint density at radius 3 is 1.91 bits per heavy atom. The van der Waals surface area contributed by atoms with E-state index >= 15 is 0 Å². The molecule has 1 amide bonds. The van der Waals surface area contributed by atoms with Crippen molar-refractivity contribution in [2.45, 2.75) is 0 Å². The maximum atomic E-state index is 13.4. The molecule has 0 aliphatic heterocycles. The third-order valence-electron chi connectivity index (χ3n) is 2.78. The highest BCUT2D eigenvalue weighted by Crippen LogP contribution is 2.21. The van der Waals surface area contributed by atoms with Gasteiger partial charge in [0.15, 0.2) is 23.3 Å². The Morgan fingerprint density at radius 2 is 1.39 bits per heavy atom. The van der Waals surface area contributed by atoms with Gasteiger partial charge in [-0.2, -0.15) is 5.10 Å². The van der Waals surface area contributed by atoms with E-state index in [0.29, 0.717) is 11.9 Å². The zero-order valence-electron chi connectivity index (χ0n) is 11.2. The maximum Gasteiger partial charge on any atom is 0.271 e. The zero-order valence-corrected chi connectivity index (χ0v) is 11.2. The largest absolute Gasteiger partial charge is 0.399 e. The van der Waals surface area contributed by atoms with Crippen molar-refractivity contribution in [3.8, 4) is 0 Å². The number of hydrogen-bond acceptors (Lipinski definition) is 3. The first-order valence-corrected chi connectivity index (χ1v) is 6.03. The predicted molar refractivity (Wildman–Crippen MR) is 72.1 cm³/mol. The van der Waals surface area contributed by atoms with Crippen molar-refractivity contribution < 1.29 is 26.7 Å². The summed E-state index contributed by atoms with van der Waals surface area (Å²) < 4.78 is 65.5. The van der Waals surface area contributed by atoms with Gasteiger partial charge in [0.25, 0.3) is 5.91 Å². The van der Waals surface area contributed by atoms with Crippen LogP contribution in [0.5, 0.6) is 0 Å². The second-order valence-electron chi connectivity index (χ2n) is 4.30. The lowest BCUT2D eigenvalue weighted by atomic mass is 10.2. The first-order valence-electron chi connectivity index (χ1n) is 6.03. The smallest absolute Gasteiger partial charge is 0.271 e. The van der Waals surface area contributed by atoms with Crippen LogP contribution in [0.3, 0.4) is 0 Å². The third kappa shape index (κ3) is 3.28. The first-order chi connectivity index (χ1) is 10.8. The van der Waals surface area contributed by atoms with Gasteiger partial charge in [-0.3, -0.25) is 4.79 Å². The SMILES string of the molecule is Nc1ccc(C(=O)N/N=C/c2c(F)c(F)c(F)c(F)c2F)cc1.